The zero-order valence-electron chi connectivity index (χ0n) is 5.65. The first-order valence-corrected chi connectivity index (χ1v) is 2.46. The minimum atomic E-state index is 0. The largest absolute Gasteiger partial charge is 0.412 e. The van der Waals surface area contributed by atoms with E-state index in [0.717, 1.165) is 0 Å². The van der Waals surface area contributed by atoms with Gasteiger partial charge in [0.25, 0.3) is 5.95 Å². The van der Waals surface area contributed by atoms with Gasteiger partial charge >= 0.3 is 0 Å². The van der Waals surface area contributed by atoms with E-state index in [4.69, 9.17) is 11.5 Å². The van der Waals surface area contributed by atoms with E-state index < -0.39 is 0 Å². The summed E-state index contributed by atoms with van der Waals surface area (Å²) in [6.45, 7) is 3.20. The van der Waals surface area contributed by atoms with Gasteiger partial charge < -0.3 is 16.9 Å². The van der Waals surface area contributed by atoms with Crippen LogP contribution in [0.5, 0.6) is 0 Å². The second-order valence-corrected chi connectivity index (χ2v) is 1.51. The van der Waals surface area contributed by atoms with E-state index in [9.17, 15) is 0 Å². The molecule has 0 aromatic carbocycles. The molecular formula is C4H8N6O. The molecule has 0 aliphatic rings. The van der Waals surface area contributed by atoms with Gasteiger partial charge in [-0.2, -0.15) is 15.0 Å². The fourth-order valence-corrected chi connectivity index (χ4v) is 0.468. The maximum atomic E-state index is 5.20. The van der Waals surface area contributed by atoms with E-state index in [2.05, 4.69) is 26.7 Å². The Labute approximate surface area is 62.5 Å². The Morgan fingerprint density at radius 2 is 1.55 bits per heavy atom. The lowest BCUT2D eigenvalue weighted by Gasteiger charge is -1.93. The van der Waals surface area contributed by atoms with Gasteiger partial charge in [0.2, 0.25) is 11.9 Å². The summed E-state index contributed by atoms with van der Waals surface area (Å²) in [6.07, 6.45) is 0. The molecule has 0 amide bonds. The van der Waals surface area contributed by atoms with Gasteiger partial charge in [0.05, 0.1) is 0 Å². The molecule has 0 radical (unpaired) electrons. The topological polar surface area (TPSA) is 135 Å². The fourth-order valence-electron chi connectivity index (χ4n) is 0.468. The summed E-state index contributed by atoms with van der Waals surface area (Å²) in [5, 5.41) is 0. The highest BCUT2D eigenvalue weighted by Gasteiger charge is 1.96. The van der Waals surface area contributed by atoms with Gasteiger partial charge in [0.15, 0.2) is 0 Å². The van der Waals surface area contributed by atoms with Crippen LogP contribution in [0.3, 0.4) is 0 Å². The predicted molar refractivity (Wildman–Crippen MR) is 41.5 cm³/mol. The number of hydrogen-bond donors (Lipinski definition) is 2. The van der Waals surface area contributed by atoms with E-state index >= 15 is 0 Å². The van der Waals surface area contributed by atoms with Crippen molar-refractivity contribution in [3.05, 3.63) is 0 Å². The Bertz CT molecular complexity index is 241. The van der Waals surface area contributed by atoms with Crippen molar-refractivity contribution in [2.24, 2.45) is 4.99 Å². The summed E-state index contributed by atoms with van der Waals surface area (Å²) in [4.78, 5) is 14.1. The highest BCUT2D eigenvalue weighted by atomic mass is 16.0. The number of nitrogens with zero attached hydrogens (tertiary/aromatic N) is 4. The van der Waals surface area contributed by atoms with Crippen LogP contribution in [0.2, 0.25) is 0 Å². The fraction of sp³-hybridized carbons (Fsp3) is 0. The minimum absolute atomic E-state index is 0. The Kier molecular flexibility index (Phi) is 2.87. The lowest BCUT2D eigenvalue weighted by molar-refractivity contribution is 0.824. The number of aromatic nitrogens is 3. The van der Waals surface area contributed by atoms with Gasteiger partial charge in [0.1, 0.15) is 0 Å². The number of aliphatic imine (C=N–C) groups is 1. The summed E-state index contributed by atoms with van der Waals surface area (Å²) >= 11 is 0. The lowest BCUT2D eigenvalue weighted by Crippen LogP contribution is -2.01. The summed E-state index contributed by atoms with van der Waals surface area (Å²) in [5.41, 5.74) is 10.4. The van der Waals surface area contributed by atoms with E-state index in [1.807, 2.05) is 0 Å². The molecule has 7 heteroatoms. The Balaban J connectivity index is 0.000001000. The minimum Gasteiger partial charge on any atom is -0.412 e. The molecule has 0 unspecified atom stereocenters. The van der Waals surface area contributed by atoms with Crippen LogP contribution in [0.4, 0.5) is 17.8 Å². The quantitative estimate of drug-likeness (QED) is 0.479. The maximum Gasteiger partial charge on any atom is 0.255 e. The first-order valence-electron chi connectivity index (χ1n) is 2.46. The second-order valence-electron chi connectivity index (χ2n) is 1.51. The zero-order chi connectivity index (χ0) is 7.56. The number of nitrogen functional groups attached to an aromatic ring is 2. The normalized spacial score (nSPS) is 8.36. The van der Waals surface area contributed by atoms with Crippen LogP contribution in [-0.2, 0) is 0 Å². The van der Waals surface area contributed by atoms with Gasteiger partial charge in [0, 0.05) is 0 Å². The number of anilines is 2. The van der Waals surface area contributed by atoms with E-state index in [-0.39, 0.29) is 23.3 Å². The standard InChI is InChI=1S/C4H6N6.H2O/c1-7-4-9-2(5)8-3(6)10-4;/h1H2,(H4,5,6,8,9,10);1H2. The van der Waals surface area contributed by atoms with E-state index in [1.54, 1.807) is 0 Å². The van der Waals surface area contributed by atoms with Crippen LogP contribution < -0.4 is 11.5 Å². The highest BCUT2D eigenvalue weighted by molar-refractivity contribution is 5.39. The number of rotatable bonds is 1. The smallest absolute Gasteiger partial charge is 0.255 e. The molecule has 0 fully saturated rings. The Hall–Kier alpha value is -1.76. The molecule has 7 nitrogen and oxygen atoms in total. The van der Waals surface area contributed by atoms with Crippen molar-refractivity contribution in [3.8, 4) is 0 Å². The van der Waals surface area contributed by atoms with E-state index in [0.29, 0.717) is 0 Å². The Morgan fingerprint density at radius 1 is 1.09 bits per heavy atom. The second kappa shape index (κ2) is 3.42. The number of hydrogen-bond acceptors (Lipinski definition) is 6. The van der Waals surface area contributed by atoms with Crippen molar-refractivity contribution in [2.45, 2.75) is 0 Å². The van der Waals surface area contributed by atoms with Crippen LogP contribution in [0.15, 0.2) is 4.99 Å². The van der Waals surface area contributed by atoms with Gasteiger partial charge in [-0.05, 0) is 6.72 Å². The zero-order valence-corrected chi connectivity index (χ0v) is 5.65. The molecule has 60 valence electrons. The molecule has 1 heterocycles. The highest BCUT2D eigenvalue weighted by Crippen LogP contribution is 2.04. The average molecular weight is 156 g/mol. The molecule has 0 saturated heterocycles. The summed E-state index contributed by atoms with van der Waals surface area (Å²) < 4.78 is 0. The van der Waals surface area contributed by atoms with Crippen LogP contribution in [-0.4, -0.2) is 27.1 Å². The van der Waals surface area contributed by atoms with Crippen LogP contribution in [0, 0.1) is 0 Å². The summed E-state index contributed by atoms with van der Waals surface area (Å²) in [6, 6.07) is 0. The summed E-state index contributed by atoms with van der Waals surface area (Å²) in [5.74, 6) is 0.245. The third-order valence-electron chi connectivity index (χ3n) is 0.800. The molecule has 0 spiro atoms. The van der Waals surface area contributed by atoms with Crippen molar-refractivity contribution in [1.29, 1.82) is 0 Å². The molecule has 0 aliphatic carbocycles. The van der Waals surface area contributed by atoms with Gasteiger partial charge in [-0.3, -0.25) is 0 Å². The molecule has 1 aromatic rings. The van der Waals surface area contributed by atoms with Crippen molar-refractivity contribution in [1.82, 2.24) is 15.0 Å². The van der Waals surface area contributed by atoms with Crippen molar-refractivity contribution < 1.29 is 5.48 Å². The maximum absolute atomic E-state index is 5.20. The molecule has 0 aliphatic heterocycles. The van der Waals surface area contributed by atoms with Crippen molar-refractivity contribution in [3.63, 3.8) is 0 Å². The first kappa shape index (κ1) is 9.24. The lowest BCUT2D eigenvalue weighted by atomic mass is 10.8. The van der Waals surface area contributed by atoms with Gasteiger partial charge in [-0.15, -0.1) is 0 Å². The van der Waals surface area contributed by atoms with Crippen LogP contribution >= 0.6 is 0 Å². The van der Waals surface area contributed by atoms with Gasteiger partial charge in [-0.25, -0.2) is 4.99 Å². The van der Waals surface area contributed by atoms with E-state index in [1.165, 1.54) is 0 Å². The third-order valence-corrected chi connectivity index (χ3v) is 0.800. The number of nitrogens with two attached hydrogens (primary N) is 2. The molecule has 0 saturated carbocycles. The van der Waals surface area contributed by atoms with Crippen LogP contribution in [0.25, 0.3) is 0 Å². The molecule has 0 atom stereocenters. The van der Waals surface area contributed by atoms with Crippen molar-refractivity contribution in [2.75, 3.05) is 11.5 Å². The monoisotopic (exact) mass is 156 g/mol. The molecule has 1 aromatic heterocycles. The molecule has 6 N–H and O–H groups in total. The van der Waals surface area contributed by atoms with Crippen molar-refractivity contribution >= 4 is 24.6 Å². The average Bonchev–Trinajstić information content (AvgIpc) is 1.85. The Morgan fingerprint density at radius 3 is 1.91 bits per heavy atom. The predicted octanol–water partition coefficient (Wildman–Crippen LogP) is -1.46. The molecular weight excluding hydrogens is 148 g/mol. The summed E-state index contributed by atoms with van der Waals surface area (Å²) in [7, 11) is 0. The van der Waals surface area contributed by atoms with Crippen LogP contribution in [0.1, 0.15) is 0 Å². The van der Waals surface area contributed by atoms with Gasteiger partial charge in [-0.1, -0.05) is 0 Å². The SMILES string of the molecule is C=Nc1nc(N)nc(N)n1.O. The molecule has 1 rings (SSSR count). The first-order chi connectivity index (χ1) is 4.72. The molecule has 11 heavy (non-hydrogen) atoms. The molecule has 0 bridgehead atoms. The third kappa shape index (κ3) is 2.14.